The monoisotopic (exact) mass is 312 g/mol. The summed E-state index contributed by atoms with van der Waals surface area (Å²) >= 11 is 0. The van der Waals surface area contributed by atoms with Crippen molar-refractivity contribution in [2.75, 3.05) is 0 Å². The Morgan fingerprint density at radius 2 is 1.14 bits per heavy atom. The summed E-state index contributed by atoms with van der Waals surface area (Å²) in [6, 6.07) is 10.5. The lowest BCUT2D eigenvalue weighted by atomic mass is 9.91. The van der Waals surface area contributed by atoms with E-state index < -0.39 is 28.6 Å². The Kier molecular flexibility index (Phi) is 4.04. The van der Waals surface area contributed by atoms with Gasteiger partial charge in [0.05, 0.1) is 5.60 Å². The van der Waals surface area contributed by atoms with Gasteiger partial charge < -0.3 is 5.11 Å². The number of hydrogen-bond acceptors (Lipinski definition) is 1. The van der Waals surface area contributed by atoms with Crippen LogP contribution in [0.15, 0.2) is 54.6 Å². The molecule has 0 spiro atoms. The zero-order chi connectivity index (χ0) is 16.6. The Labute approximate surface area is 126 Å². The van der Waals surface area contributed by atoms with Crippen molar-refractivity contribution in [1.29, 1.82) is 0 Å². The first-order chi connectivity index (χ1) is 10.1. The summed E-state index contributed by atoms with van der Waals surface area (Å²) in [4.78, 5) is 0. The lowest BCUT2D eigenvalue weighted by molar-refractivity contribution is -0.223. The molecule has 0 aliphatic heterocycles. The molecule has 0 radical (unpaired) electrons. The fraction of sp³-hybridized carbons (Fsp3) is 0.294. The van der Waals surface area contributed by atoms with Crippen LogP contribution in [-0.4, -0.2) is 5.11 Å². The molecule has 0 aliphatic rings. The molecule has 0 bridgehead atoms. The first-order valence-corrected chi connectivity index (χ1v) is 6.71. The molecule has 1 nitrogen and oxygen atoms in total. The minimum Gasteiger partial charge on any atom is -0.386 e. The first kappa shape index (κ1) is 16.5. The smallest absolute Gasteiger partial charge is 0.339 e. The average molecular weight is 312 g/mol. The fourth-order valence-corrected chi connectivity index (χ4v) is 2.11. The quantitative estimate of drug-likeness (QED) is 0.804. The third kappa shape index (κ3) is 2.86. The van der Waals surface area contributed by atoms with Crippen molar-refractivity contribution < 1.29 is 22.7 Å². The van der Waals surface area contributed by atoms with E-state index in [0.29, 0.717) is 0 Å². The largest absolute Gasteiger partial charge is 0.386 e. The van der Waals surface area contributed by atoms with Crippen molar-refractivity contribution in [3.05, 3.63) is 71.3 Å². The van der Waals surface area contributed by atoms with E-state index in [1.165, 1.54) is 44.2 Å². The topological polar surface area (TPSA) is 20.2 Å². The molecule has 0 atom stereocenters. The van der Waals surface area contributed by atoms with Crippen LogP contribution in [0.25, 0.3) is 0 Å². The fourth-order valence-electron chi connectivity index (χ4n) is 2.11. The molecular weight excluding hydrogens is 296 g/mol. The highest BCUT2D eigenvalue weighted by Gasteiger charge is 2.58. The Hall–Kier alpha value is -1.88. The van der Waals surface area contributed by atoms with Crippen LogP contribution in [0.3, 0.4) is 0 Å². The molecule has 0 aliphatic carbocycles. The summed E-state index contributed by atoms with van der Waals surface area (Å²) in [5.41, 5.74) is -2.84. The summed E-state index contributed by atoms with van der Waals surface area (Å²) in [7, 11) is 0. The van der Waals surface area contributed by atoms with Crippen LogP contribution in [0.1, 0.15) is 30.5 Å². The van der Waals surface area contributed by atoms with Gasteiger partial charge in [-0.25, -0.2) is 0 Å². The Bertz CT molecular complexity index is 645. The molecule has 2 rings (SSSR count). The van der Waals surface area contributed by atoms with Gasteiger partial charge in [0.15, 0.2) is 0 Å². The average Bonchev–Trinajstić information content (AvgIpc) is 2.47. The highest BCUT2D eigenvalue weighted by Crippen LogP contribution is 2.49. The van der Waals surface area contributed by atoms with Crippen molar-refractivity contribution in [2.24, 2.45) is 0 Å². The number of alkyl halides is 4. The van der Waals surface area contributed by atoms with E-state index >= 15 is 0 Å². The van der Waals surface area contributed by atoms with E-state index in [1.54, 1.807) is 0 Å². The second-order valence-corrected chi connectivity index (χ2v) is 5.65. The molecule has 0 saturated carbocycles. The number of hydrogen-bond donors (Lipinski definition) is 1. The number of aliphatic hydroxyl groups is 1. The molecule has 5 heteroatoms. The number of benzene rings is 2. The SMILES string of the molecule is CC(C)(O)c1cccc(C(F)(F)C(F)(F)c2ccccc2)c1. The highest BCUT2D eigenvalue weighted by molar-refractivity contribution is 5.34. The zero-order valence-corrected chi connectivity index (χ0v) is 12.2. The van der Waals surface area contributed by atoms with E-state index in [-0.39, 0.29) is 5.56 Å². The van der Waals surface area contributed by atoms with Gasteiger partial charge in [-0.1, -0.05) is 48.5 Å². The summed E-state index contributed by atoms with van der Waals surface area (Å²) in [5, 5.41) is 9.87. The normalized spacial score (nSPS) is 13.2. The van der Waals surface area contributed by atoms with Crippen LogP contribution in [-0.2, 0) is 17.4 Å². The molecular formula is C17H16F4O. The molecule has 118 valence electrons. The van der Waals surface area contributed by atoms with Gasteiger partial charge in [0.1, 0.15) is 0 Å². The third-order valence-electron chi connectivity index (χ3n) is 3.46. The maximum absolute atomic E-state index is 14.4. The summed E-state index contributed by atoms with van der Waals surface area (Å²) in [6.07, 6.45) is 0. The Morgan fingerprint density at radius 1 is 0.682 bits per heavy atom. The molecule has 0 fully saturated rings. The third-order valence-corrected chi connectivity index (χ3v) is 3.46. The van der Waals surface area contributed by atoms with Gasteiger partial charge in [-0.05, 0) is 25.5 Å². The Morgan fingerprint density at radius 3 is 1.68 bits per heavy atom. The maximum Gasteiger partial charge on any atom is 0.339 e. The van der Waals surface area contributed by atoms with Gasteiger partial charge in [0.25, 0.3) is 0 Å². The van der Waals surface area contributed by atoms with Gasteiger partial charge in [-0.15, -0.1) is 0 Å². The minimum atomic E-state index is -4.39. The van der Waals surface area contributed by atoms with E-state index in [1.807, 2.05) is 0 Å². The van der Waals surface area contributed by atoms with E-state index in [4.69, 9.17) is 0 Å². The van der Waals surface area contributed by atoms with Crippen molar-refractivity contribution in [2.45, 2.75) is 31.3 Å². The highest BCUT2D eigenvalue weighted by atomic mass is 19.3. The lowest BCUT2D eigenvalue weighted by Crippen LogP contribution is -2.36. The van der Waals surface area contributed by atoms with Crippen LogP contribution in [0.2, 0.25) is 0 Å². The van der Waals surface area contributed by atoms with Gasteiger partial charge in [0, 0.05) is 11.1 Å². The molecule has 0 unspecified atom stereocenters. The molecule has 2 aromatic carbocycles. The Balaban J connectivity index is 2.50. The van der Waals surface area contributed by atoms with Crippen molar-refractivity contribution in [1.82, 2.24) is 0 Å². The van der Waals surface area contributed by atoms with Crippen LogP contribution in [0.4, 0.5) is 17.6 Å². The summed E-state index contributed by atoms with van der Waals surface area (Å²) < 4.78 is 57.2. The van der Waals surface area contributed by atoms with E-state index in [2.05, 4.69) is 0 Å². The van der Waals surface area contributed by atoms with Crippen LogP contribution in [0, 0.1) is 0 Å². The standard InChI is InChI=1S/C17H16F4O/c1-15(2,22)13-9-6-10-14(11-13)17(20,21)16(18,19)12-7-4-3-5-8-12/h3-11,22H,1-2H3. The van der Waals surface area contributed by atoms with Gasteiger partial charge in [-0.2, -0.15) is 17.6 Å². The number of rotatable bonds is 4. The predicted octanol–water partition coefficient (Wildman–Crippen LogP) is 4.80. The minimum absolute atomic E-state index is 0.147. The first-order valence-electron chi connectivity index (χ1n) is 6.71. The molecule has 22 heavy (non-hydrogen) atoms. The van der Waals surface area contributed by atoms with Crippen molar-refractivity contribution in [3.63, 3.8) is 0 Å². The molecule has 0 aromatic heterocycles. The van der Waals surface area contributed by atoms with Gasteiger partial charge >= 0.3 is 11.8 Å². The molecule has 2 aromatic rings. The summed E-state index contributed by atoms with van der Waals surface area (Å²) in [6.45, 7) is 2.80. The van der Waals surface area contributed by atoms with E-state index in [9.17, 15) is 22.7 Å². The van der Waals surface area contributed by atoms with Crippen molar-refractivity contribution in [3.8, 4) is 0 Å². The van der Waals surface area contributed by atoms with Gasteiger partial charge in [-0.3, -0.25) is 0 Å². The second kappa shape index (κ2) is 5.39. The van der Waals surface area contributed by atoms with Crippen LogP contribution in [0.5, 0.6) is 0 Å². The zero-order valence-electron chi connectivity index (χ0n) is 12.2. The molecule has 0 amide bonds. The van der Waals surface area contributed by atoms with E-state index in [0.717, 1.165) is 24.3 Å². The molecule has 1 N–H and O–H groups in total. The van der Waals surface area contributed by atoms with Crippen LogP contribution < -0.4 is 0 Å². The molecule has 0 heterocycles. The van der Waals surface area contributed by atoms with Gasteiger partial charge in [0.2, 0.25) is 0 Å². The lowest BCUT2D eigenvalue weighted by Gasteiger charge is -2.28. The van der Waals surface area contributed by atoms with Crippen molar-refractivity contribution >= 4 is 0 Å². The predicted molar refractivity (Wildman–Crippen MR) is 75.9 cm³/mol. The van der Waals surface area contributed by atoms with Crippen LogP contribution >= 0.6 is 0 Å². The number of halogens is 4. The second-order valence-electron chi connectivity index (χ2n) is 5.65. The maximum atomic E-state index is 14.4. The summed E-state index contributed by atoms with van der Waals surface area (Å²) in [5.74, 6) is -8.75. The molecule has 0 saturated heterocycles.